The molecule has 0 aromatic heterocycles. The van der Waals surface area contributed by atoms with E-state index in [0.29, 0.717) is 24.7 Å². The van der Waals surface area contributed by atoms with Crippen LogP contribution in [0.15, 0.2) is 23.1 Å². The molecule has 0 unspecified atom stereocenters. The predicted octanol–water partition coefficient (Wildman–Crippen LogP) is 1.04. The molecular formula is C16H22N2O5S. The zero-order valence-corrected chi connectivity index (χ0v) is 14.2. The molecule has 1 aliphatic carbocycles. The van der Waals surface area contributed by atoms with Crippen LogP contribution in [0.3, 0.4) is 0 Å². The average molecular weight is 354 g/mol. The number of benzene rings is 1. The molecule has 1 aromatic carbocycles. The van der Waals surface area contributed by atoms with Crippen molar-refractivity contribution in [2.75, 3.05) is 26.3 Å². The van der Waals surface area contributed by atoms with Gasteiger partial charge in [-0.25, -0.2) is 13.1 Å². The maximum Gasteiger partial charge on any atom is 0.240 e. The first kappa shape index (κ1) is 17.0. The first-order valence-electron chi connectivity index (χ1n) is 8.23. The number of nitrogens with one attached hydrogen (secondary N) is 2. The van der Waals surface area contributed by atoms with Crippen LogP contribution in [0.25, 0.3) is 0 Å². The molecule has 1 aliphatic heterocycles. The lowest BCUT2D eigenvalue weighted by Gasteiger charge is -2.19. The third kappa shape index (κ3) is 3.99. The lowest BCUT2D eigenvalue weighted by molar-refractivity contribution is -0.124. The second kappa shape index (κ2) is 7.40. The molecule has 24 heavy (non-hydrogen) atoms. The van der Waals surface area contributed by atoms with Crippen LogP contribution in [0, 0.1) is 5.92 Å². The van der Waals surface area contributed by atoms with Gasteiger partial charge in [-0.15, -0.1) is 0 Å². The van der Waals surface area contributed by atoms with Crippen molar-refractivity contribution in [1.82, 2.24) is 10.0 Å². The standard InChI is InChI=1S/C16H22N2O5S/c19-16(12-3-1-2-4-12)17-7-8-18-24(20,21)13-5-6-14-15(11-13)23-10-9-22-14/h5-6,11-12,18H,1-4,7-10H2,(H,17,19). The van der Waals surface area contributed by atoms with E-state index in [1.165, 1.54) is 12.1 Å². The highest BCUT2D eigenvalue weighted by molar-refractivity contribution is 7.89. The molecule has 1 saturated carbocycles. The van der Waals surface area contributed by atoms with E-state index >= 15 is 0 Å². The van der Waals surface area contributed by atoms with E-state index in [0.717, 1.165) is 25.7 Å². The summed E-state index contributed by atoms with van der Waals surface area (Å²) in [6.07, 6.45) is 4.03. The monoisotopic (exact) mass is 354 g/mol. The minimum Gasteiger partial charge on any atom is -0.486 e. The van der Waals surface area contributed by atoms with E-state index in [1.807, 2.05) is 0 Å². The zero-order chi connectivity index (χ0) is 17.0. The van der Waals surface area contributed by atoms with Gasteiger partial charge in [0.15, 0.2) is 11.5 Å². The van der Waals surface area contributed by atoms with Gasteiger partial charge in [-0.3, -0.25) is 4.79 Å². The van der Waals surface area contributed by atoms with Crippen LogP contribution >= 0.6 is 0 Å². The molecular weight excluding hydrogens is 332 g/mol. The van der Waals surface area contributed by atoms with Crippen molar-refractivity contribution in [2.45, 2.75) is 30.6 Å². The lowest BCUT2D eigenvalue weighted by atomic mass is 10.1. The summed E-state index contributed by atoms with van der Waals surface area (Å²) in [6.45, 7) is 1.28. The molecule has 3 rings (SSSR count). The van der Waals surface area contributed by atoms with Gasteiger partial charge in [0.25, 0.3) is 0 Å². The molecule has 0 spiro atoms. The van der Waals surface area contributed by atoms with E-state index in [9.17, 15) is 13.2 Å². The van der Waals surface area contributed by atoms with Gasteiger partial charge in [0.05, 0.1) is 4.90 Å². The Morgan fingerprint density at radius 3 is 2.54 bits per heavy atom. The van der Waals surface area contributed by atoms with E-state index in [2.05, 4.69) is 10.0 Å². The quantitative estimate of drug-likeness (QED) is 0.745. The number of ether oxygens (including phenoxy) is 2. The summed E-state index contributed by atoms with van der Waals surface area (Å²) in [5, 5.41) is 2.79. The zero-order valence-electron chi connectivity index (χ0n) is 13.4. The molecule has 0 saturated heterocycles. The van der Waals surface area contributed by atoms with E-state index < -0.39 is 10.0 Å². The van der Waals surface area contributed by atoms with Crippen LogP contribution < -0.4 is 19.5 Å². The third-order valence-electron chi connectivity index (χ3n) is 4.27. The molecule has 8 heteroatoms. The predicted molar refractivity (Wildman–Crippen MR) is 87.6 cm³/mol. The number of hydrogen-bond acceptors (Lipinski definition) is 5. The van der Waals surface area contributed by atoms with Crippen LogP contribution in [0.5, 0.6) is 11.5 Å². The van der Waals surface area contributed by atoms with E-state index in [4.69, 9.17) is 9.47 Å². The number of carbonyl (C=O) groups is 1. The Bertz CT molecular complexity index is 698. The summed E-state index contributed by atoms with van der Waals surface area (Å²) in [5.74, 6) is 1.08. The Kier molecular flexibility index (Phi) is 5.25. The van der Waals surface area contributed by atoms with Crippen molar-refractivity contribution in [1.29, 1.82) is 0 Å². The molecule has 0 bridgehead atoms. The maximum atomic E-state index is 12.3. The maximum absolute atomic E-state index is 12.3. The van der Waals surface area contributed by atoms with Crippen LogP contribution in [-0.4, -0.2) is 40.6 Å². The van der Waals surface area contributed by atoms with Gasteiger partial charge >= 0.3 is 0 Å². The first-order valence-corrected chi connectivity index (χ1v) is 9.71. The molecule has 2 N–H and O–H groups in total. The van der Waals surface area contributed by atoms with Gasteiger partial charge in [-0.1, -0.05) is 12.8 Å². The Hall–Kier alpha value is -1.80. The van der Waals surface area contributed by atoms with Crippen molar-refractivity contribution >= 4 is 15.9 Å². The van der Waals surface area contributed by atoms with Gasteiger partial charge < -0.3 is 14.8 Å². The Balaban J connectivity index is 1.51. The molecule has 7 nitrogen and oxygen atoms in total. The second-order valence-corrected chi connectivity index (χ2v) is 7.74. The highest BCUT2D eigenvalue weighted by Crippen LogP contribution is 2.32. The van der Waals surface area contributed by atoms with Gasteiger partial charge in [0, 0.05) is 25.1 Å². The number of carbonyl (C=O) groups excluding carboxylic acids is 1. The van der Waals surface area contributed by atoms with Crippen LogP contribution in [0.1, 0.15) is 25.7 Å². The molecule has 1 fully saturated rings. The lowest BCUT2D eigenvalue weighted by Crippen LogP contribution is -2.37. The number of amides is 1. The number of rotatable bonds is 6. The average Bonchev–Trinajstić information content (AvgIpc) is 3.13. The molecule has 0 radical (unpaired) electrons. The summed E-state index contributed by atoms with van der Waals surface area (Å²) >= 11 is 0. The summed E-state index contributed by atoms with van der Waals surface area (Å²) in [5.41, 5.74) is 0. The van der Waals surface area contributed by atoms with Crippen LogP contribution in [0.2, 0.25) is 0 Å². The minimum absolute atomic E-state index is 0.0195. The second-order valence-electron chi connectivity index (χ2n) is 5.98. The van der Waals surface area contributed by atoms with Crippen LogP contribution in [-0.2, 0) is 14.8 Å². The largest absolute Gasteiger partial charge is 0.486 e. The number of sulfonamides is 1. The summed E-state index contributed by atoms with van der Waals surface area (Å²) < 4.78 is 37.9. The fourth-order valence-corrected chi connectivity index (χ4v) is 4.02. The summed E-state index contributed by atoms with van der Waals surface area (Å²) in [4.78, 5) is 12.0. The third-order valence-corrected chi connectivity index (χ3v) is 5.72. The molecule has 1 amide bonds. The SMILES string of the molecule is O=C(NCCNS(=O)(=O)c1ccc2c(c1)OCCO2)C1CCCC1. The van der Waals surface area contributed by atoms with Crippen molar-refractivity contribution in [2.24, 2.45) is 5.92 Å². The number of hydrogen-bond donors (Lipinski definition) is 2. The molecule has 1 aromatic rings. The van der Waals surface area contributed by atoms with Crippen LogP contribution in [0.4, 0.5) is 0 Å². The highest BCUT2D eigenvalue weighted by Gasteiger charge is 2.22. The fourth-order valence-electron chi connectivity index (χ4n) is 2.98. The summed E-state index contributed by atoms with van der Waals surface area (Å²) in [6, 6.07) is 4.52. The Morgan fingerprint density at radius 1 is 1.08 bits per heavy atom. The fraction of sp³-hybridized carbons (Fsp3) is 0.562. The van der Waals surface area contributed by atoms with E-state index in [-0.39, 0.29) is 29.8 Å². The topological polar surface area (TPSA) is 93.7 Å². The smallest absolute Gasteiger partial charge is 0.240 e. The van der Waals surface area contributed by atoms with Gasteiger partial charge in [0.1, 0.15) is 13.2 Å². The van der Waals surface area contributed by atoms with Crippen molar-refractivity contribution in [3.63, 3.8) is 0 Å². The molecule has 0 atom stereocenters. The van der Waals surface area contributed by atoms with Gasteiger partial charge in [-0.2, -0.15) is 0 Å². The highest BCUT2D eigenvalue weighted by atomic mass is 32.2. The molecule has 2 aliphatic rings. The van der Waals surface area contributed by atoms with E-state index in [1.54, 1.807) is 6.07 Å². The Morgan fingerprint density at radius 2 is 1.79 bits per heavy atom. The van der Waals surface area contributed by atoms with Crippen molar-refractivity contribution in [3.8, 4) is 11.5 Å². The summed E-state index contributed by atoms with van der Waals surface area (Å²) in [7, 11) is -3.65. The molecule has 132 valence electrons. The van der Waals surface area contributed by atoms with Gasteiger partial charge in [0.2, 0.25) is 15.9 Å². The number of fused-ring (bicyclic) bond motifs is 1. The van der Waals surface area contributed by atoms with Gasteiger partial charge in [-0.05, 0) is 25.0 Å². The normalized spacial score (nSPS) is 17.7. The molecule has 1 heterocycles. The first-order chi connectivity index (χ1) is 11.6. The Labute approximate surface area is 141 Å². The van der Waals surface area contributed by atoms with Crippen molar-refractivity contribution in [3.05, 3.63) is 18.2 Å². The minimum atomic E-state index is -3.65. The van der Waals surface area contributed by atoms with Crippen molar-refractivity contribution < 1.29 is 22.7 Å².